The van der Waals surface area contributed by atoms with E-state index in [2.05, 4.69) is 51.3 Å². The number of hydrogen-bond acceptors (Lipinski definition) is 7. The Hall–Kier alpha value is -4.57. The maximum absolute atomic E-state index is 13.4. The predicted octanol–water partition coefficient (Wildman–Crippen LogP) is 8.43. The molecular weight excluding hydrogens is 625 g/mol. The second kappa shape index (κ2) is 13.1. The third kappa shape index (κ3) is 7.28. The molecule has 1 aliphatic rings. The van der Waals surface area contributed by atoms with E-state index in [1.54, 1.807) is 27.0 Å². The van der Waals surface area contributed by atoms with E-state index in [4.69, 9.17) is 18.6 Å². The number of carbonyl (C=O) groups is 3. The van der Waals surface area contributed by atoms with Crippen LogP contribution in [0.2, 0.25) is 18.1 Å². The lowest BCUT2D eigenvalue weighted by molar-refractivity contribution is -0.142. The molecule has 9 nitrogen and oxygen atoms in total. The van der Waals surface area contributed by atoms with Gasteiger partial charge in [0.25, 0.3) is 0 Å². The summed E-state index contributed by atoms with van der Waals surface area (Å²) in [7, 11) is -0.912. The van der Waals surface area contributed by atoms with Crippen LogP contribution in [0, 0.1) is 0 Å². The summed E-state index contributed by atoms with van der Waals surface area (Å²) >= 11 is 0. The zero-order valence-corrected chi connectivity index (χ0v) is 30.3. The van der Waals surface area contributed by atoms with Crippen molar-refractivity contribution in [1.29, 1.82) is 0 Å². The molecule has 0 radical (unpaired) electrons. The first-order valence-corrected chi connectivity index (χ1v) is 19.2. The summed E-state index contributed by atoms with van der Waals surface area (Å²) in [6.07, 6.45) is 0.381. The summed E-state index contributed by atoms with van der Waals surface area (Å²) in [4.78, 5) is 39.6. The van der Waals surface area contributed by atoms with Crippen LogP contribution in [0.4, 0.5) is 9.59 Å². The highest BCUT2D eigenvalue weighted by Crippen LogP contribution is 2.44. The largest absolute Gasteiger partial charge is 0.543 e. The molecule has 1 atom stereocenters. The van der Waals surface area contributed by atoms with E-state index in [-0.39, 0.29) is 24.0 Å². The summed E-state index contributed by atoms with van der Waals surface area (Å²) in [5, 5.41) is 3.39. The van der Waals surface area contributed by atoms with Crippen LogP contribution in [0.3, 0.4) is 0 Å². The van der Waals surface area contributed by atoms with Gasteiger partial charge in [-0.15, -0.1) is 0 Å². The average Bonchev–Trinajstić information content (AvgIpc) is 3.53. The minimum absolute atomic E-state index is 0.0289. The molecule has 1 aliphatic carbocycles. The van der Waals surface area contributed by atoms with E-state index in [1.165, 1.54) is 11.7 Å². The van der Waals surface area contributed by atoms with Crippen LogP contribution >= 0.6 is 0 Å². The first kappa shape index (κ1) is 34.8. The van der Waals surface area contributed by atoms with Gasteiger partial charge in [0.2, 0.25) is 8.32 Å². The van der Waals surface area contributed by atoms with Gasteiger partial charge in [-0.1, -0.05) is 69.3 Å². The van der Waals surface area contributed by atoms with Gasteiger partial charge in [-0.3, -0.25) is 4.57 Å². The van der Waals surface area contributed by atoms with Crippen LogP contribution in [0.15, 0.2) is 72.9 Å². The Morgan fingerprint density at radius 2 is 1.50 bits per heavy atom. The average molecular weight is 671 g/mol. The Balaban J connectivity index is 1.40. The Kier molecular flexibility index (Phi) is 9.52. The first-order valence-electron chi connectivity index (χ1n) is 16.2. The number of aromatic nitrogens is 1. The van der Waals surface area contributed by atoms with Crippen LogP contribution in [0.5, 0.6) is 5.75 Å². The van der Waals surface area contributed by atoms with Gasteiger partial charge in [0, 0.05) is 30.0 Å². The SMILES string of the molecule is COC(=O)[C@H](Cc1cn(C(=O)OC(C)(C)C)c2cc(O[Si](C)(C)C(C)(C)C)ccc12)NC(=O)OCC1c2ccccc2-c2ccccc21. The summed E-state index contributed by atoms with van der Waals surface area (Å²) < 4.78 is 24.5. The minimum Gasteiger partial charge on any atom is -0.543 e. The smallest absolute Gasteiger partial charge is 0.419 e. The standard InChI is InChI=1S/C38H46N2O7Si/c1-37(2,3)46-36(43)40-22-24(26-19-18-25(21-33(26)40)47-48(8,9)38(4,5)6)20-32(34(41)44-7)39-35(42)45-23-31-29-16-12-10-14-27(29)28-15-11-13-17-30(28)31/h10-19,21-22,31-32H,20,23H2,1-9H3,(H,39,42)/t32-/m0/s1. The van der Waals surface area contributed by atoms with E-state index in [0.29, 0.717) is 22.2 Å². The predicted molar refractivity (Wildman–Crippen MR) is 189 cm³/mol. The Bertz CT molecular complexity index is 1800. The van der Waals surface area contributed by atoms with Crippen molar-refractivity contribution in [3.8, 4) is 16.9 Å². The van der Waals surface area contributed by atoms with Crippen molar-refractivity contribution in [1.82, 2.24) is 9.88 Å². The molecule has 0 fully saturated rings. The molecule has 1 N–H and O–H groups in total. The number of methoxy groups -OCH3 is 1. The number of nitrogens with zero attached hydrogens (tertiary/aromatic N) is 1. The van der Waals surface area contributed by atoms with Crippen LogP contribution in [0.25, 0.3) is 22.0 Å². The molecule has 1 amide bonds. The van der Waals surface area contributed by atoms with Gasteiger partial charge < -0.3 is 24.0 Å². The molecule has 4 aromatic rings. The normalized spacial score (nSPS) is 13.8. The molecule has 10 heteroatoms. The summed E-state index contributed by atoms with van der Waals surface area (Å²) in [5.74, 6) is -0.126. The molecule has 0 aliphatic heterocycles. The van der Waals surface area contributed by atoms with Crippen molar-refractivity contribution >= 4 is 37.4 Å². The monoisotopic (exact) mass is 670 g/mol. The highest BCUT2D eigenvalue weighted by atomic mass is 28.4. The van der Waals surface area contributed by atoms with Crippen molar-refractivity contribution < 1.29 is 33.0 Å². The third-order valence-corrected chi connectivity index (χ3v) is 13.5. The molecular formula is C38H46N2O7Si. The number of alkyl carbamates (subject to hydrolysis) is 1. The van der Waals surface area contributed by atoms with Crippen LogP contribution in [-0.4, -0.2) is 56.4 Å². The molecule has 48 heavy (non-hydrogen) atoms. The maximum Gasteiger partial charge on any atom is 0.419 e. The van der Waals surface area contributed by atoms with Gasteiger partial charge in [-0.05, 0) is 78.9 Å². The van der Waals surface area contributed by atoms with E-state index in [9.17, 15) is 14.4 Å². The summed E-state index contributed by atoms with van der Waals surface area (Å²) in [5.41, 5.74) is 4.89. The molecule has 0 unspecified atom stereocenters. The number of rotatable bonds is 8. The number of esters is 1. The molecule has 3 aromatic carbocycles. The lowest BCUT2D eigenvalue weighted by Crippen LogP contribution is -2.43. The lowest BCUT2D eigenvalue weighted by atomic mass is 9.98. The van der Waals surface area contributed by atoms with Crippen molar-refractivity contribution in [3.63, 3.8) is 0 Å². The van der Waals surface area contributed by atoms with Crippen LogP contribution in [-0.2, 0) is 25.4 Å². The van der Waals surface area contributed by atoms with Gasteiger partial charge in [0.15, 0.2) is 0 Å². The molecule has 5 rings (SSSR count). The van der Waals surface area contributed by atoms with Crippen LogP contribution < -0.4 is 9.74 Å². The molecule has 1 aromatic heterocycles. The highest BCUT2D eigenvalue weighted by Gasteiger charge is 2.39. The van der Waals surface area contributed by atoms with Crippen molar-refractivity contribution in [2.24, 2.45) is 0 Å². The third-order valence-electron chi connectivity index (χ3n) is 9.17. The van der Waals surface area contributed by atoms with Gasteiger partial charge in [-0.25, -0.2) is 14.4 Å². The number of ether oxygens (including phenoxy) is 3. The first-order chi connectivity index (χ1) is 22.5. The number of amides is 1. The quantitative estimate of drug-likeness (QED) is 0.114. The molecule has 254 valence electrons. The fourth-order valence-corrected chi connectivity index (χ4v) is 6.77. The van der Waals surface area contributed by atoms with E-state index in [0.717, 1.165) is 22.3 Å². The second-order valence-electron chi connectivity index (χ2n) is 14.8. The minimum atomic E-state index is -2.18. The molecule has 0 saturated carbocycles. The lowest BCUT2D eigenvalue weighted by Gasteiger charge is -2.36. The van der Waals surface area contributed by atoms with Gasteiger partial charge in [0.1, 0.15) is 24.0 Å². The van der Waals surface area contributed by atoms with E-state index < -0.39 is 38.1 Å². The summed E-state index contributed by atoms with van der Waals surface area (Å²) in [6, 6.07) is 20.7. The number of carbonyl (C=O) groups excluding carboxylic acids is 3. The topological polar surface area (TPSA) is 105 Å². The van der Waals surface area contributed by atoms with Gasteiger partial charge in [0.05, 0.1) is 12.6 Å². The molecule has 1 heterocycles. The number of nitrogens with one attached hydrogen (secondary N) is 1. The van der Waals surface area contributed by atoms with Crippen LogP contribution in [0.1, 0.15) is 64.2 Å². The van der Waals surface area contributed by atoms with E-state index >= 15 is 0 Å². The van der Waals surface area contributed by atoms with Crippen molar-refractivity contribution in [3.05, 3.63) is 89.6 Å². The van der Waals surface area contributed by atoms with Crippen molar-refractivity contribution in [2.75, 3.05) is 13.7 Å². The fourth-order valence-electron chi connectivity index (χ4n) is 5.75. The number of hydrogen-bond donors (Lipinski definition) is 1. The summed E-state index contributed by atoms with van der Waals surface area (Å²) in [6.45, 7) is 16.3. The van der Waals surface area contributed by atoms with Crippen molar-refractivity contribution in [2.45, 2.75) is 83.7 Å². The Morgan fingerprint density at radius 3 is 2.06 bits per heavy atom. The molecule has 0 bridgehead atoms. The number of benzene rings is 3. The second-order valence-corrected chi connectivity index (χ2v) is 19.5. The Morgan fingerprint density at radius 1 is 0.896 bits per heavy atom. The van der Waals surface area contributed by atoms with E-state index in [1.807, 2.05) is 54.6 Å². The zero-order valence-electron chi connectivity index (χ0n) is 29.3. The number of fused-ring (bicyclic) bond motifs is 4. The zero-order chi connectivity index (χ0) is 35.0. The highest BCUT2D eigenvalue weighted by molar-refractivity contribution is 6.74. The van der Waals surface area contributed by atoms with Gasteiger partial charge >= 0.3 is 18.2 Å². The molecule has 0 saturated heterocycles. The molecule has 0 spiro atoms. The van der Waals surface area contributed by atoms with Gasteiger partial charge in [-0.2, -0.15) is 0 Å². The fraction of sp³-hybridized carbons (Fsp3) is 0.395. The Labute approximate surface area is 283 Å². The maximum atomic E-state index is 13.4.